The monoisotopic (exact) mass is 302 g/mol. The topological polar surface area (TPSA) is 55.6 Å². The van der Waals surface area contributed by atoms with E-state index in [9.17, 15) is 18.0 Å². The van der Waals surface area contributed by atoms with Crippen molar-refractivity contribution in [1.82, 2.24) is 4.90 Å². The molecule has 1 saturated heterocycles. The molecule has 2 rings (SSSR count). The average Bonchev–Trinajstić information content (AvgIpc) is 2.92. The number of amides is 1. The lowest BCUT2D eigenvalue weighted by molar-refractivity contribution is -0.138. The Labute approximate surface area is 120 Å². The molecular weight excluding hydrogens is 285 g/mol. The van der Waals surface area contributed by atoms with Crippen LogP contribution in [0.5, 0.6) is 5.75 Å². The predicted octanol–water partition coefficient (Wildman–Crippen LogP) is 2.03. The van der Waals surface area contributed by atoms with E-state index in [2.05, 4.69) is 0 Å². The third-order valence-electron chi connectivity index (χ3n) is 3.51. The number of benzene rings is 1. The molecule has 0 saturated carbocycles. The molecule has 1 aromatic rings. The summed E-state index contributed by atoms with van der Waals surface area (Å²) in [5.41, 5.74) is 4.84. The first-order valence-corrected chi connectivity index (χ1v) is 6.71. The summed E-state index contributed by atoms with van der Waals surface area (Å²) in [4.78, 5) is 13.7. The van der Waals surface area contributed by atoms with E-state index in [4.69, 9.17) is 10.5 Å². The van der Waals surface area contributed by atoms with E-state index in [0.29, 0.717) is 13.1 Å². The summed E-state index contributed by atoms with van der Waals surface area (Å²) in [5, 5.41) is 0. The van der Waals surface area contributed by atoms with Crippen LogP contribution in [0.2, 0.25) is 0 Å². The summed E-state index contributed by atoms with van der Waals surface area (Å²) < 4.78 is 42.5. The van der Waals surface area contributed by atoms with Gasteiger partial charge in [0, 0.05) is 19.1 Å². The Bertz CT molecular complexity index is 488. The first kappa shape index (κ1) is 15.6. The van der Waals surface area contributed by atoms with Crippen LogP contribution in [-0.4, -0.2) is 36.5 Å². The predicted molar refractivity (Wildman–Crippen MR) is 70.7 cm³/mol. The molecule has 1 amide bonds. The van der Waals surface area contributed by atoms with Gasteiger partial charge in [0.15, 0.2) is 6.61 Å². The van der Waals surface area contributed by atoms with Crippen molar-refractivity contribution >= 4 is 5.91 Å². The van der Waals surface area contributed by atoms with Crippen LogP contribution in [0.3, 0.4) is 0 Å². The van der Waals surface area contributed by atoms with Crippen LogP contribution in [-0.2, 0) is 11.0 Å². The summed E-state index contributed by atoms with van der Waals surface area (Å²) in [5.74, 6) is 0.0442. The van der Waals surface area contributed by atoms with Crippen LogP contribution in [0.15, 0.2) is 24.3 Å². The Morgan fingerprint density at radius 1 is 1.33 bits per heavy atom. The molecule has 4 nitrogen and oxygen atoms in total. The minimum absolute atomic E-state index is 0.0358. The molecular formula is C14H17F3N2O2. The van der Waals surface area contributed by atoms with Gasteiger partial charge in [-0.3, -0.25) is 4.79 Å². The van der Waals surface area contributed by atoms with Gasteiger partial charge in [-0.1, -0.05) is 0 Å². The lowest BCUT2D eigenvalue weighted by Gasteiger charge is -2.23. The van der Waals surface area contributed by atoms with Crippen LogP contribution >= 0.6 is 0 Å². The van der Waals surface area contributed by atoms with Crippen LogP contribution in [0.4, 0.5) is 13.2 Å². The number of halogens is 3. The molecule has 0 radical (unpaired) electrons. The highest BCUT2D eigenvalue weighted by molar-refractivity contribution is 5.78. The normalized spacial score (nSPS) is 18.9. The molecule has 116 valence electrons. The number of nitrogens with two attached hydrogens (primary N) is 1. The van der Waals surface area contributed by atoms with Gasteiger partial charge >= 0.3 is 6.18 Å². The molecule has 1 fully saturated rings. The van der Waals surface area contributed by atoms with Crippen LogP contribution in [0.25, 0.3) is 0 Å². The first-order chi connectivity index (χ1) is 9.91. The molecule has 7 heteroatoms. The highest BCUT2D eigenvalue weighted by Crippen LogP contribution is 2.30. The second-order valence-corrected chi connectivity index (χ2v) is 4.93. The minimum Gasteiger partial charge on any atom is -0.484 e. The van der Waals surface area contributed by atoms with Crippen molar-refractivity contribution in [3.63, 3.8) is 0 Å². The third kappa shape index (κ3) is 3.87. The minimum atomic E-state index is -4.38. The number of hydrogen-bond acceptors (Lipinski definition) is 3. The molecule has 1 aliphatic heterocycles. The van der Waals surface area contributed by atoms with Gasteiger partial charge in [0.1, 0.15) is 5.75 Å². The zero-order valence-electron chi connectivity index (χ0n) is 11.4. The molecule has 1 heterocycles. The van der Waals surface area contributed by atoms with E-state index in [1.807, 2.05) is 0 Å². The number of carbonyl (C=O) groups is 1. The van der Waals surface area contributed by atoms with Gasteiger partial charge in [-0.25, -0.2) is 0 Å². The molecule has 21 heavy (non-hydrogen) atoms. The van der Waals surface area contributed by atoms with Crippen molar-refractivity contribution in [2.75, 3.05) is 19.7 Å². The second-order valence-electron chi connectivity index (χ2n) is 4.93. The summed E-state index contributed by atoms with van der Waals surface area (Å²) in [6.07, 6.45) is -2.59. The smallest absolute Gasteiger partial charge is 0.416 e. The molecule has 1 atom stereocenters. The van der Waals surface area contributed by atoms with Crippen molar-refractivity contribution in [2.24, 2.45) is 5.73 Å². The Morgan fingerprint density at radius 3 is 2.57 bits per heavy atom. The zero-order valence-corrected chi connectivity index (χ0v) is 11.4. The number of ether oxygens (including phenoxy) is 1. The molecule has 0 unspecified atom stereocenters. The Balaban J connectivity index is 1.89. The van der Waals surface area contributed by atoms with Gasteiger partial charge in [0.25, 0.3) is 5.91 Å². The number of alkyl halides is 3. The van der Waals surface area contributed by atoms with E-state index in [-0.39, 0.29) is 24.3 Å². The van der Waals surface area contributed by atoms with Gasteiger partial charge < -0.3 is 15.4 Å². The maximum Gasteiger partial charge on any atom is 0.416 e. The lowest BCUT2D eigenvalue weighted by atomic mass is 10.2. The maximum atomic E-state index is 12.4. The standard InChI is InChI=1S/C14H17F3N2O2/c15-14(16,17)10-3-5-12(6-4-10)21-9-13(20)19-7-1-2-11(19)8-18/h3-6,11H,1-2,7-9,18H2/t11-/m0/s1. The SMILES string of the molecule is NC[C@@H]1CCCN1C(=O)COc1ccc(C(F)(F)F)cc1. The van der Waals surface area contributed by atoms with Gasteiger partial charge in [0.2, 0.25) is 0 Å². The fraction of sp³-hybridized carbons (Fsp3) is 0.500. The molecule has 0 bridgehead atoms. The molecule has 1 aliphatic rings. The number of rotatable bonds is 4. The van der Waals surface area contributed by atoms with Crippen LogP contribution < -0.4 is 10.5 Å². The first-order valence-electron chi connectivity index (χ1n) is 6.71. The lowest BCUT2D eigenvalue weighted by Crippen LogP contribution is -2.42. The number of nitrogens with zero attached hydrogens (tertiary/aromatic N) is 1. The summed E-state index contributed by atoms with van der Waals surface area (Å²) in [6.45, 7) is 0.866. The Morgan fingerprint density at radius 2 is 2.00 bits per heavy atom. The molecule has 2 N–H and O–H groups in total. The van der Waals surface area contributed by atoms with Crippen LogP contribution in [0, 0.1) is 0 Å². The third-order valence-corrected chi connectivity index (χ3v) is 3.51. The van der Waals surface area contributed by atoms with E-state index < -0.39 is 11.7 Å². The van der Waals surface area contributed by atoms with Crippen molar-refractivity contribution in [2.45, 2.75) is 25.1 Å². The molecule has 0 spiro atoms. The van der Waals surface area contributed by atoms with Gasteiger partial charge in [0.05, 0.1) is 5.56 Å². The second kappa shape index (κ2) is 6.34. The van der Waals surface area contributed by atoms with Crippen molar-refractivity contribution in [1.29, 1.82) is 0 Å². The van der Waals surface area contributed by atoms with Crippen molar-refractivity contribution < 1.29 is 22.7 Å². The highest BCUT2D eigenvalue weighted by atomic mass is 19.4. The molecule has 0 aromatic heterocycles. The van der Waals surface area contributed by atoms with E-state index in [1.165, 1.54) is 12.1 Å². The largest absolute Gasteiger partial charge is 0.484 e. The number of likely N-dealkylation sites (tertiary alicyclic amines) is 1. The van der Waals surface area contributed by atoms with Crippen molar-refractivity contribution in [3.05, 3.63) is 29.8 Å². The molecule has 1 aromatic carbocycles. The average molecular weight is 302 g/mol. The number of hydrogen-bond donors (Lipinski definition) is 1. The fourth-order valence-electron chi connectivity index (χ4n) is 2.38. The highest BCUT2D eigenvalue weighted by Gasteiger charge is 2.30. The Hall–Kier alpha value is -1.76. The van der Waals surface area contributed by atoms with Gasteiger partial charge in [-0.2, -0.15) is 13.2 Å². The Kier molecular flexibility index (Phi) is 4.72. The van der Waals surface area contributed by atoms with Gasteiger partial charge in [-0.15, -0.1) is 0 Å². The fourth-order valence-corrected chi connectivity index (χ4v) is 2.38. The maximum absolute atomic E-state index is 12.4. The quantitative estimate of drug-likeness (QED) is 0.926. The van der Waals surface area contributed by atoms with Crippen LogP contribution in [0.1, 0.15) is 18.4 Å². The van der Waals surface area contributed by atoms with Crippen molar-refractivity contribution in [3.8, 4) is 5.75 Å². The summed E-state index contributed by atoms with van der Waals surface area (Å²) in [6, 6.07) is 4.31. The zero-order chi connectivity index (χ0) is 15.5. The molecule has 0 aliphatic carbocycles. The van der Waals surface area contributed by atoms with Gasteiger partial charge in [-0.05, 0) is 37.1 Å². The summed E-state index contributed by atoms with van der Waals surface area (Å²) >= 11 is 0. The number of carbonyl (C=O) groups excluding carboxylic acids is 1. The van der Waals surface area contributed by atoms with E-state index in [1.54, 1.807) is 4.90 Å². The van der Waals surface area contributed by atoms with E-state index in [0.717, 1.165) is 25.0 Å². The summed E-state index contributed by atoms with van der Waals surface area (Å²) in [7, 11) is 0. The van der Waals surface area contributed by atoms with E-state index >= 15 is 0 Å².